The standard InChI is InChI=1S/C38H47N3O12/c1-37(2,3)52-29(44)11-10-27(21-43)40-34(45)26-9-5-7-24(17-26)19-39-36(47)38-18-28-30-31(50-22-49-30)33(38)53-41(32(38)35(46)51-28)20-25-8-4-6-23(16-25)12-14-48-15-13-42/h4-9,12,14,16-17,27-28,30-33,42-43H,10-11,13,15,18-22H2,1-3H3,(H,39,47)(H,40,45). The zero-order chi connectivity index (χ0) is 37.8. The van der Waals surface area contributed by atoms with Crippen LogP contribution in [0.1, 0.15) is 67.1 Å². The third-order valence-electron chi connectivity index (χ3n) is 9.66. The van der Waals surface area contributed by atoms with Crippen LogP contribution >= 0.6 is 0 Å². The molecule has 15 nitrogen and oxygen atoms in total. The molecule has 2 aromatic carbocycles. The minimum atomic E-state index is -1.36. The number of carbonyl (C=O) groups excluding carboxylic acids is 4. The summed E-state index contributed by atoms with van der Waals surface area (Å²) in [6.07, 6.45) is 0.855. The largest absolute Gasteiger partial charge is 0.499 e. The number of esters is 2. The average molecular weight is 738 g/mol. The maximum atomic E-state index is 14.4. The number of rotatable bonds is 15. The summed E-state index contributed by atoms with van der Waals surface area (Å²) in [6, 6.07) is 12.5. The van der Waals surface area contributed by atoms with Gasteiger partial charge in [-0.1, -0.05) is 36.4 Å². The first-order chi connectivity index (χ1) is 25.4. The highest BCUT2D eigenvalue weighted by Gasteiger charge is 2.74. The minimum Gasteiger partial charge on any atom is -0.499 e. The lowest BCUT2D eigenvalue weighted by Gasteiger charge is -2.48. The number of benzene rings is 2. The Morgan fingerprint density at radius 3 is 2.62 bits per heavy atom. The Morgan fingerprint density at radius 2 is 1.85 bits per heavy atom. The third kappa shape index (κ3) is 8.56. The molecule has 2 aromatic rings. The van der Waals surface area contributed by atoms with E-state index in [9.17, 15) is 24.3 Å². The topological polar surface area (TPSA) is 191 Å². The molecule has 15 heteroatoms. The molecule has 2 bridgehead atoms. The second-order valence-corrected chi connectivity index (χ2v) is 14.6. The minimum absolute atomic E-state index is 0.0225. The summed E-state index contributed by atoms with van der Waals surface area (Å²) in [5.41, 5.74) is 0.560. The fourth-order valence-electron chi connectivity index (χ4n) is 7.39. The van der Waals surface area contributed by atoms with Gasteiger partial charge in [-0.15, -0.1) is 0 Å². The first kappa shape index (κ1) is 38.3. The van der Waals surface area contributed by atoms with Gasteiger partial charge < -0.3 is 44.5 Å². The Kier molecular flexibility index (Phi) is 11.8. The van der Waals surface area contributed by atoms with Crippen molar-refractivity contribution >= 4 is 29.8 Å². The van der Waals surface area contributed by atoms with Crippen molar-refractivity contribution in [3.63, 3.8) is 0 Å². The van der Waals surface area contributed by atoms with Crippen LogP contribution in [0.4, 0.5) is 0 Å². The first-order valence-electron chi connectivity index (χ1n) is 17.8. The number of ether oxygens (including phenoxy) is 5. The monoisotopic (exact) mass is 737 g/mol. The van der Waals surface area contributed by atoms with Gasteiger partial charge in [0.15, 0.2) is 6.04 Å². The number of aliphatic hydroxyl groups is 2. The second-order valence-electron chi connectivity index (χ2n) is 14.6. The van der Waals surface area contributed by atoms with Gasteiger partial charge in [0.2, 0.25) is 5.91 Å². The molecule has 4 fully saturated rings. The van der Waals surface area contributed by atoms with Gasteiger partial charge in [-0.25, -0.2) is 0 Å². The molecule has 53 heavy (non-hydrogen) atoms. The van der Waals surface area contributed by atoms with Crippen LogP contribution in [0.5, 0.6) is 0 Å². The molecular formula is C38H47N3O12. The van der Waals surface area contributed by atoms with Crippen LogP contribution in [0.25, 0.3) is 6.08 Å². The molecule has 3 heterocycles. The number of fused-ring (bicyclic) bond motifs is 4. The molecule has 4 aliphatic rings. The van der Waals surface area contributed by atoms with E-state index in [2.05, 4.69) is 10.6 Å². The number of carbonyl (C=O) groups is 4. The van der Waals surface area contributed by atoms with Crippen molar-refractivity contribution in [1.82, 2.24) is 15.7 Å². The van der Waals surface area contributed by atoms with Crippen LogP contribution in [0.2, 0.25) is 0 Å². The molecule has 6 rings (SSSR count). The third-order valence-corrected chi connectivity index (χ3v) is 9.66. The number of amides is 2. The van der Waals surface area contributed by atoms with Crippen LogP contribution in [0, 0.1) is 5.41 Å². The van der Waals surface area contributed by atoms with Crippen LogP contribution in [-0.4, -0.2) is 108 Å². The SMILES string of the molecule is CC(C)(C)OC(=O)CCC(CO)NC(=O)c1cccc(CNC(=O)C23CC4OC(=O)C2N(Cc2cccc(C=COCCO)c2)OC3C2OCOC42)c1. The summed E-state index contributed by atoms with van der Waals surface area (Å²) < 4.78 is 28.2. The van der Waals surface area contributed by atoms with Gasteiger partial charge in [0.05, 0.1) is 32.1 Å². The summed E-state index contributed by atoms with van der Waals surface area (Å²) in [4.78, 5) is 59.9. The lowest BCUT2D eigenvalue weighted by Crippen LogP contribution is -2.69. The van der Waals surface area contributed by atoms with E-state index in [0.717, 1.165) is 11.1 Å². The number of nitrogens with one attached hydrogen (secondary N) is 2. The quantitative estimate of drug-likeness (QED) is 0.118. The van der Waals surface area contributed by atoms with Gasteiger partial charge in [-0.05, 0) is 62.1 Å². The molecule has 0 spiro atoms. The zero-order valence-corrected chi connectivity index (χ0v) is 30.0. The molecule has 7 unspecified atom stereocenters. The highest BCUT2D eigenvalue weighted by atomic mass is 16.8. The van der Waals surface area contributed by atoms with Crippen LogP contribution in [-0.2, 0) is 56.0 Å². The van der Waals surface area contributed by atoms with Crippen molar-refractivity contribution in [3.05, 3.63) is 77.0 Å². The summed E-state index contributed by atoms with van der Waals surface area (Å²) in [5, 5.41) is 26.1. The Hall–Kier alpha value is -4.38. The fraction of sp³-hybridized carbons (Fsp3) is 0.526. The predicted molar refractivity (Wildman–Crippen MR) is 186 cm³/mol. The van der Waals surface area contributed by atoms with Crippen molar-refractivity contribution in [2.45, 2.75) is 95.2 Å². The maximum absolute atomic E-state index is 14.4. The van der Waals surface area contributed by atoms with Gasteiger partial charge in [0.25, 0.3) is 5.91 Å². The molecule has 4 N–H and O–H groups in total. The van der Waals surface area contributed by atoms with E-state index in [1.807, 2.05) is 24.3 Å². The van der Waals surface area contributed by atoms with Gasteiger partial charge >= 0.3 is 11.9 Å². The number of hydrogen-bond acceptors (Lipinski definition) is 13. The lowest BCUT2D eigenvalue weighted by molar-refractivity contribution is -0.201. The van der Waals surface area contributed by atoms with E-state index >= 15 is 0 Å². The van der Waals surface area contributed by atoms with Gasteiger partial charge in [0, 0.05) is 24.9 Å². The number of hydroxylamine groups is 2. The summed E-state index contributed by atoms with van der Waals surface area (Å²) in [6.45, 7) is 5.19. The Bertz CT molecular complexity index is 1690. The van der Waals surface area contributed by atoms with E-state index < -0.39 is 71.3 Å². The summed E-state index contributed by atoms with van der Waals surface area (Å²) >= 11 is 0. The van der Waals surface area contributed by atoms with Gasteiger partial charge in [-0.2, -0.15) is 5.06 Å². The molecule has 0 aromatic heterocycles. The van der Waals surface area contributed by atoms with Crippen molar-refractivity contribution in [2.24, 2.45) is 5.41 Å². The van der Waals surface area contributed by atoms with Crippen LogP contribution < -0.4 is 10.6 Å². The van der Waals surface area contributed by atoms with Gasteiger partial charge in [0.1, 0.15) is 48.8 Å². The van der Waals surface area contributed by atoms with E-state index in [4.69, 9.17) is 33.6 Å². The molecule has 1 saturated carbocycles. The molecule has 3 aliphatic heterocycles. The summed E-state index contributed by atoms with van der Waals surface area (Å²) in [5.74, 6) is -1.88. The van der Waals surface area contributed by atoms with E-state index in [1.54, 1.807) is 51.1 Å². The predicted octanol–water partition coefficient (Wildman–Crippen LogP) is 1.74. The highest BCUT2D eigenvalue weighted by molar-refractivity contribution is 5.95. The normalized spacial score (nSPS) is 26.8. The first-order valence-corrected chi connectivity index (χ1v) is 17.8. The molecule has 7 atom stereocenters. The number of nitrogens with zero attached hydrogens (tertiary/aromatic N) is 1. The smallest absolute Gasteiger partial charge is 0.327 e. The molecule has 3 saturated heterocycles. The maximum Gasteiger partial charge on any atom is 0.327 e. The van der Waals surface area contributed by atoms with E-state index in [1.165, 1.54) is 11.3 Å². The fourth-order valence-corrected chi connectivity index (χ4v) is 7.39. The van der Waals surface area contributed by atoms with E-state index in [0.29, 0.717) is 11.1 Å². The van der Waals surface area contributed by atoms with Crippen LogP contribution in [0.15, 0.2) is 54.8 Å². The Balaban J connectivity index is 1.15. The Labute approximate surface area is 307 Å². The highest BCUT2D eigenvalue weighted by Crippen LogP contribution is 2.55. The molecule has 286 valence electrons. The van der Waals surface area contributed by atoms with Gasteiger partial charge in [-0.3, -0.25) is 24.0 Å². The van der Waals surface area contributed by atoms with Crippen molar-refractivity contribution in [2.75, 3.05) is 26.6 Å². The number of hydrogen-bond donors (Lipinski definition) is 4. The Morgan fingerprint density at radius 1 is 1.08 bits per heavy atom. The van der Waals surface area contributed by atoms with E-state index in [-0.39, 0.29) is 59.0 Å². The zero-order valence-electron chi connectivity index (χ0n) is 30.0. The second kappa shape index (κ2) is 16.3. The average Bonchev–Trinajstić information content (AvgIpc) is 3.75. The van der Waals surface area contributed by atoms with Crippen molar-refractivity contribution < 1.29 is 57.9 Å². The number of aliphatic hydroxyl groups excluding tert-OH is 2. The van der Waals surface area contributed by atoms with Crippen LogP contribution in [0.3, 0.4) is 0 Å². The molecule has 0 radical (unpaired) electrons. The summed E-state index contributed by atoms with van der Waals surface area (Å²) in [7, 11) is 0. The molecule has 2 amide bonds. The molecule has 1 aliphatic carbocycles. The van der Waals surface area contributed by atoms with Crippen molar-refractivity contribution in [1.29, 1.82) is 0 Å². The lowest BCUT2D eigenvalue weighted by atomic mass is 9.62. The van der Waals surface area contributed by atoms with Crippen molar-refractivity contribution in [3.8, 4) is 0 Å². The molecular weight excluding hydrogens is 690 g/mol.